The normalized spacial score (nSPS) is 23.9. The maximum atomic E-state index is 14.7. The summed E-state index contributed by atoms with van der Waals surface area (Å²) in [6, 6.07) is 0.174. The van der Waals surface area contributed by atoms with E-state index in [0.29, 0.717) is 0 Å². The standard InChI is InChI=1S/C13H12F3N3O3S/c1-22-13(16)6(2-3-7(14)9(13)15)8-4-5(10(17)20)11(23-8)19-12(18)21/h2-4,9H,1H3,(H2,17,20)(H3,18,19,21). The van der Waals surface area contributed by atoms with Gasteiger partial charge in [0.25, 0.3) is 11.8 Å². The average Bonchev–Trinajstić information content (AvgIpc) is 2.87. The van der Waals surface area contributed by atoms with Crippen LogP contribution < -0.4 is 16.8 Å². The van der Waals surface area contributed by atoms with Crippen LogP contribution in [0.4, 0.5) is 23.0 Å². The molecule has 2 rings (SSSR count). The van der Waals surface area contributed by atoms with Gasteiger partial charge in [-0.05, 0) is 18.2 Å². The van der Waals surface area contributed by atoms with Gasteiger partial charge in [0.05, 0.1) is 5.56 Å². The first kappa shape index (κ1) is 17.0. The minimum absolute atomic E-state index is 0.0262. The number of allylic oxidation sites excluding steroid dienone is 2. The summed E-state index contributed by atoms with van der Waals surface area (Å²) in [5.74, 6) is -5.32. The highest BCUT2D eigenvalue weighted by molar-refractivity contribution is 7.17. The Balaban J connectivity index is 2.57. The lowest BCUT2D eigenvalue weighted by atomic mass is 9.94. The first-order valence-corrected chi connectivity index (χ1v) is 6.98. The van der Waals surface area contributed by atoms with Crippen LogP contribution in [0.5, 0.6) is 0 Å². The van der Waals surface area contributed by atoms with Crippen molar-refractivity contribution in [3.63, 3.8) is 0 Å². The Bertz CT molecular complexity index is 731. The highest BCUT2D eigenvalue weighted by Crippen LogP contribution is 2.45. The molecule has 0 fully saturated rings. The Morgan fingerprint density at radius 3 is 2.57 bits per heavy atom. The van der Waals surface area contributed by atoms with E-state index in [0.717, 1.165) is 36.7 Å². The number of thiophene rings is 1. The molecular weight excluding hydrogens is 335 g/mol. The van der Waals surface area contributed by atoms with E-state index in [-0.39, 0.29) is 21.0 Å². The van der Waals surface area contributed by atoms with Gasteiger partial charge >= 0.3 is 6.03 Å². The van der Waals surface area contributed by atoms with Crippen LogP contribution in [0.3, 0.4) is 0 Å². The summed E-state index contributed by atoms with van der Waals surface area (Å²) >= 11 is 0.724. The van der Waals surface area contributed by atoms with Crippen molar-refractivity contribution in [2.45, 2.75) is 12.0 Å². The van der Waals surface area contributed by atoms with E-state index in [4.69, 9.17) is 11.5 Å². The molecule has 0 aliphatic heterocycles. The first-order valence-electron chi connectivity index (χ1n) is 6.17. The third kappa shape index (κ3) is 2.94. The number of amides is 3. The zero-order chi connectivity index (χ0) is 17.4. The summed E-state index contributed by atoms with van der Waals surface area (Å²) in [7, 11) is 0.879. The number of hydrogen-bond acceptors (Lipinski definition) is 4. The molecule has 3 amide bonds. The summed E-state index contributed by atoms with van der Waals surface area (Å²) in [6.07, 6.45) is -0.930. The van der Waals surface area contributed by atoms with Crippen LogP contribution in [-0.2, 0) is 4.74 Å². The molecule has 2 unspecified atom stereocenters. The minimum Gasteiger partial charge on any atom is -0.366 e. The highest BCUT2D eigenvalue weighted by Gasteiger charge is 2.49. The summed E-state index contributed by atoms with van der Waals surface area (Å²) in [6.45, 7) is 0. The third-order valence-electron chi connectivity index (χ3n) is 3.14. The molecule has 1 aromatic heterocycles. The van der Waals surface area contributed by atoms with Gasteiger partial charge in [0.15, 0.2) is 0 Å². The predicted molar refractivity (Wildman–Crippen MR) is 79.0 cm³/mol. The lowest BCUT2D eigenvalue weighted by Crippen LogP contribution is -2.40. The molecule has 1 heterocycles. The van der Waals surface area contributed by atoms with E-state index >= 15 is 0 Å². The van der Waals surface area contributed by atoms with Gasteiger partial charge in [0.1, 0.15) is 10.8 Å². The van der Waals surface area contributed by atoms with E-state index in [1.807, 2.05) is 0 Å². The average molecular weight is 347 g/mol. The lowest BCUT2D eigenvalue weighted by molar-refractivity contribution is -0.116. The molecule has 0 radical (unpaired) electrons. The molecule has 5 N–H and O–H groups in total. The van der Waals surface area contributed by atoms with Gasteiger partial charge in [0.2, 0.25) is 6.17 Å². The fraction of sp³-hybridized carbons (Fsp3) is 0.231. The number of halogens is 3. The molecule has 1 aliphatic carbocycles. The van der Waals surface area contributed by atoms with Gasteiger partial charge in [-0.2, -0.15) is 0 Å². The number of carbonyl (C=O) groups excluding carboxylic acids is 2. The molecule has 2 atom stereocenters. The molecule has 0 saturated carbocycles. The number of alkyl halides is 2. The SMILES string of the molecule is COC1(F)C(c2cc(C(N)=O)c(NC(N)=O)s2)=CC=C(F)C1F. The molecule has 1 aromatic rings. The number of nitrogens with two attached hydrogens (primary N) is 2. The number of rotatable bonds is 4. The first-order chi connectivity index (χ1) is 10.7. The molecule has 1 aliphatic rings. The summed E-state index contributed by atoms with van der Waals surface area (Å²) in [5.41, 5.74) is 9.65. The van der Waals surface area contributed by atoms with Crippen molar-refractivity contribution in [3.05, 3.63) is 34.5 Å². The molecule has 23 heavy (non-hydrogen) atoms. The van der Waals surface area contributed by atoms with Gasteiger partial charge < -0.3 is 16.2 Å². The van der Waals surface area contributed by atoms with Crippen LogP contribution >= 0.6 is 11.3 Å². The topological polar surface area (TPSA) is 107 Å². The number of ether oxygens (including phenoxy) is 1. The Morgan fingerprint density at radius 1 is 1.39 bits per heavy atom. The number of hydrogen-bond donors (Lipinski definition) is 3. The van der Waals surface area contributed by atoms with E-state index in [9.17, 15) is 22.8 Å². The smallest absolute Gasteiger partial charge is 0.317 e. The van der Waals surface area contributed by atoms with E-state index in [1.165, 1.54) is 0 Å². The van der Waals surface area contributed by atoms with Crippen LogP contribution in [0.1, 0.15) is 15.2 Å². The van der Waals surface area contributed by atoms with Crippen molar-refractivity contribution in [3.8, 4) is 0 Å². The molecule has 0 bridgehead atoms. The number of urea groups is 1. The largest absolute Gasteiger partial charge is 0.366 e. The van der Waals surface area contributed by atoms with Gasteiger partial charge in [-0.15, -0.1) is 11.3 Å². The Labute approximate surface area is 132 Å². The molecule has 124 valence electrons. The third-order valence-corrected chi connectivity index (χ3v) is 4.23. The van der Waals surface area contributed by atoms with Crippen molar-refractivity contribution in [1.82, 2.24) is 0 Å². The molecule has 0 aromatic carbocycles. The summed E-state index contributed by atoms with van der Waals surface area (Å²) < 4.78 is 46.4. The van der Waals surface area contributed by atoms with E-state index < -0.39 is 29.8 Å². The molecule has 0 spiro atoms. The number of carbonyl (C=O) groups is 2. The maximum absolute atomic E-state index is 14.7. The van der Waals surface area contributed by atoms with Crippen LogP contribution in [0.2, 0.25) is 0 Å². The van der Waals surface area contributed by atoms with Crippen molar-refractivity contribution < 1.29 is 27.5 Å². The molecule has 6 nitrogen and oxygen atoms in total. The van der Waals surface area contributed by atoms with Crippen molar-refractivity contribution in [2.75, 3.05) is 12.4 Å². The Morgan fingerprint density at radius 2 is 2.04 bits per heavy atom. The lowest BCUT2D eigenvalue weighted by Gasteiger charge is -2.30. The van der Waals surface area contributed by atoms with Gasteiger partial charge in [-0.25, -0.2) is 18.0 Å². The molecular formula is C13H12F3N3O3S. The Hall–Kier alpha value is -2.33. The molecule has 10 heteroatoms. The quantitative estimate of drug-likeness (QED) is 0.777. The monoisotopic (exact) mass is 347 g/mol. The summed E-state index contributed by atoms with van der Waals surface area (Å²) in [4.78, 5) is 22.4. The van der Waals surface area contributed by atoms with Gasteiger partial charge in [-0.3, -0.25) is 10.1 Å². The second-order valence-corrected chi connectivity index (χ2v) is 5.60. The van der Waals surface area contributed by atoms with Crippen molar-refractivity contribution in [2.24, 2.45) is 11.5 Å². The fourth-order valence-corrected chi connectivity index (χ4v) is 3.18. The van der Waals surface area contributed by atoms with Crippen LogP contribution in [0.25, 0.3) is 5.57 Å². The summed E-state index contributed by atoms with van der Waals surface area (Å²) in [5, 5.41) is 2.13. The number of primary amides is 2. The zero-order valence-corrected chi connectivity index (χ0v) is 12.5. The van der Waals surface area contributed by atoms with Gasteiger partial charge in [0, 0.05) is 17.6 Å². The minimum atomic E-state index is -3.08. The maximum Gasteiger partial charge on any atom is 0.317 e. The van der Waals surface area contributed by atoms with Crippen LogP contribution in [0, 0.1) is 0 Å². The van der Waals surface area contributed by atoms with Gasteiger partial charge in [-0.1, -0.05) is 0 Å². The molecule has 0 saturated heterocycles. The number of anilines is 1. The van der Waals surface area contributed by atoms with E-state index in [2.05, 4.69) is 10.1 Å². The highest BCUT2D eigenvalue weighted by atomic mass is 32.1. The number of nitrogens with one attached hydrogen (secondary N) is 1. The van der Waals surface area contributed by atoms with Crippen molar-refractivity contribution in [1.29, 1.82) is 0 Å². The van der Waals surface area contributed by atoms with E-state index in [1.54, 1.807) is 0 Å². The predicted octanol–water partition coefficient (Wildman–Crippen LogP) is 2.24. The Kier molecular flexibility index (Phi) is 4.48. The zero-order valence-electron chi connectivity index (χ0n) is 11.7. The number of methoxy groups -OCH3 is 1. The van der Waals surface area contributed by atoms with Crippen LogP contribution in [-0.4, -0.2) is 31.1 Å². The second kappa shape index (κ2) is 6.05. The van der Waals surface area contributed by atoms with Crippen molar-refractivity contribution >= 4 is 33.8 Å². The van der Waals surface area contributed by atoms with Crippen LogP contribution in [0.15, 0.2) is 24.0 Å². The second-order valence-electron chi connectivity index (χ2n) is 4.55. The fourth-order valence-electron chi connectivity index (χ4n) is 2.05.